The Balaban J connectivity index is 1.90. The molecule has 1 atom stereocenters. The van der Waals surface area contributed by atoms with Gasteiger partial charge >= 0.3 is 12.1 Å². The van der Waals surface area contributed by atoms with Gasteiger partial charge in [0.25, 0.3) is 0 Å². The van der Waals surface area contributed by atoms with Gasteiger partial charge < -0.3 is 5.11 Å². The Hall–Kier alpha value is -2.52. The molecule has 1 N–H and O–H groups in total. The minimum absolute atomic E-state index is 0.0305. The zero-order chi connectivity index (χ0) is 20.6. The van der Waals surface area contributed by atoms with Crippen molar-refractivity contribution in [2.45, 2.75) is 22.7 Å². The summed E-state index contributed by atoms with van der Waals surface area (Å²) in [6.45, 7) is 0. The van der Waals surface area contributed by atoms with Gasteiger partial charge in [0.1, 0.15) is 0 Å². The van der Waals surface area contributed by atoms with E-state index in [9.17, 15) is 32.7 Å². The van der Waals surface area contributed by atoms with E-state index in [0.717, 1.165) is 23.9 Å². The smallest absolute Gasteiger partial charge is 0.417 e. The van der Waals surface area contributed by atoms with Gasteiger partial charge in [-0.2, -0.15) is 13.2 Å². The van der Waals surface area contributed by atoms with Gasteiger partial charge in [0.05, 0.1) is 27.1 Å². The van der Waals surface area contributed by atoms with Crippen molar-refractivity contribution in [1.29, 1.82) is 0 Å². The molecule has 28 heavy (non-hydrogen) atoms. The number of imide groups is 1. The summed E-state index contributed by atoms with van der Waals surface area (Å²) < 4.78 is 39.2. The molecule has 0 spiro atoms. The van der Waals surface area contributed by atoms with E-state index in [1.165, 1.54) is 18.2 Å². The molecule has 1 aliphatic heterocycles. The lowest BCUT2D eigenvalue weighted by Gasteiger charge is -2.18. The first-order valence-electron chi connectivity index (χ1n) is 7.82. The number of hydrogen-bond donors (Lipinski definition) is 1. The molecule has 0 radical (unpaired) electrons. The van der Waals surface area contributed by atoms with Crippen LogP contribution in [0.4, 0.5) is 18.9 Å². The molecular formula is C18H11ClF3NO4S. The second kappa shape index (κ2) is 7.48. The van der Waals surface area contributed by atoms with Gasteiger partial charge in [-0.25, -0.2) is 9.69 Å². The van der Waals surface area contributed by atoms with Gasteiger partial charge in [0, 0.05) is 11.3 Å². The highest BCUT2D eigenvalue weighted by Gasteiger charge is 2.42. The number of carbonyl (C=O) groups is 3. The van der Waals surface area contributed by atoms with Gasteiger partial charge in [-0.1, -0.05) is 23.7 Å². The van der Waals surface area contributed by atoms with Gasteiger partial charge in [0.15, 0.2) is 0 Å². The molecule has 2 aromatic carbocycles. The number of rotatable bonds is 4. The van der Waals surface area contributed by atoms with Crippen LogP contribution in [-0.4, -0.2) is 28.1 Å². The average Bonchev–Trinajstić information content (AvgIpc) is 2.88. The van der Waals surface area contributed by atoms with E-state index < -0.39 is 39.8 Å². The molecule has 10 heteroatoms. The quantitative estimate of drug-likeness (QED) is 0.725. The van der Waals surface area contributed by atoms with Crippen LogP contribution in [0.1, 0.15) is 22.3 Å². The second-order valence-corrected chi connectivity index (χ2v) is 7.49. The van der Waals surface area contributed by atoms with Gasteiger partial charge in [-0.05, 0) is 30.3 Å². The summed E-state index contributed by atoms with van der Waals surface area (Å²) in [5.41, 5.74) is -1.42. The van der Waals surface area contributed by atoms with E-state index in [0.29, 0.717) is 11.0 Å². The lowest BCUT2D eigenvalue weighted by atomic mass is 10.2. The molecule has 5 nitrogen and oxygen atoms in total. The monoisotopic (exact) mass is 429 g/mol. The second-order valence-electron chi connectivity index (χ2n) is 5.84. The summed E-state index contributed by atoms with van der Waals surface area (Å²) in [7, 11) is 0. The number of hydrogen-bond acceptors (Lipinski definition) is 4. The standard InChI is InChI=1S/C18H11ClF3NO4S/c19-12-6-5-9(7-11(12)18(20,21)22)23-15(24)8-14(16(23)25)28-13-4-2-1-3-10(13)17(26)27/h1-7,14H,8H2,(H,26,27)/t14-/m1/s1. The lowest BCUT2D eigenvalue weighted by Crippen LogP contribution is -2.31. The summed E-state index contributed by atoms with van der Waals surface area (Å²) in [5, 5.41) is 7.73. The molecule has 1 aliphatic rings. The summed E-state index contributed by atoms with van der Waals surface area (Å²) in [5.74, 6) is -2.58. The van der Waals surface area contributed by atoms with E-state index >= 15 is 0 Å². The maximum atomic E-state index is 13.1. The molecule has 3 rings (SSSR count). The Morgan fingerprint density at radius 2 is 1.86 bits per heavy atom. The third kappa shape index (κ3) is 3.85. The van der Waals surface area contributed by atoms with E-state index in [2.05, 4.69) is 0 Å². The number of nitrogens with zero attached hydrogens (tertiary/aromatic N) is 1. The molecule has 146 valence electrons. The van der Waals surface area contributed by atoms with Crippen LogP contribution in [0.15, 0.2) is 47.4 Å². The number of aromatic carboxylic acids is 1. The first-order chi connectivity index (χ1) is 13.1. The normalized spacial score (nSPS) is 17.3. The number of anilines is 1. The number of carboxylic acid groups (broad SMARTS) is 1. The minimum atomic E-state index is -4.74. The van der Waals surface area contributed by atoms with Gasteiger partial charge in [-0.3, -0.25) is 9.59 Å². The highest BCUT2D eigenvalue weighted by Crippen LogP contribution is 2.40. The first kappa shape index (κ1) is 20.2. The van der Waals surface area contributed by atoms with Gasteiger partial charge in [-0.15, -0.1) is 11.8 Å². The summed E-state index contributed by atoms with van der Waals surface area (Å²) >= 11 is 6.46. The number of halogens is 4. The molecule has 1 saturated heterocycles. The van der Waals surface area contributed by atoms with Crippen molar-refractivity contribution in [3.05, 3.63) is 58.6 Å². The van der Waals surface area contributed by atoms with Crippen LogP contribution in [0.3, 0.4) is 0 Å². The number of carboxylic acids is 1. The van der Waals surface area contributed by atoms with Crippen molar-refractivity contribution >= 4 is 46.8 Å². The summed E-state index contributed by atoms with van der Waals surface area (Å²) in [6.07, 6.45) is -5.01. The molecule has 0 saturated carbocycles. The molecule has 1 heterocycles. The third-order valence-corrected chi connectivity index (χ3v) is 5.60. The van der Waals surface area contributed by atoms with Gasteiger partial charge in [0.2, 0.25) is 11.8 Å². The Labute approximate surface area is 166 Å². The van der Waals surface area contributed by atoms with Crippen LogP contribution in [0, 0.1) is 0 Å². The number of alkyl halides is 3. The van der Waals surface area contributed by atoms with Crippen LogP contribution in [0.5, 0.6) is 0 Å². The predicted octanol–water partition coefficient (Wildman–Crippen LogP) is 4.48. The molecule has 0 bridgehead atoms. The van der Waals surface area contributed by atoms with Crippen LogP contribution in [0.25, 0.3) is 0 Å². The fourth-order valence-corrected chi connectivity index (χ4v) is 4.14. The highest BCUT2D eigenvalue weighted by molar-refractivity contribution is 8.00. The highest BCUT2D eigenvalue weighted by atomic mass is 35.5. The molecule has 2 amide bonds. The van der Waals surface area contributed by atoms with Crippen molar-refractivity contribution in [1.82, 2.24) is 0 Å². The van der Waals surface area contributed by atoms with Crippen molar-refractivity contribution in [3.8, 4) is 0 Å². The summed E-state index contributed by atoms with van der Waals surface area (Å²) in [4.78, 5) is 37.2. The van der Waals surface area contributed by atoms with Crippen molar-refractivity contribution in [2.75, 3.05) is 4.90 Å². The lowest BCUT2D eigenvalue weighted by molar-refractivity contribution is -0.137. The van der Waals surface area contributed by atoms with E-state index in [1.54, 1.807) is 6.07 Å². The molecule has 1 fully saturated rings. The molecule has 0 aromatic heterocycles. The van der Waals surface area contributed by atoms with Crippen LogP contribution < -0.4 is 4.90 Å². The Morgan fingerprint density at radius 1 is 1.18 bits per heavy atom. The predicted molar refractivity (Wildman–Crippen MR) is 96.6 cm³/mol. The fraction of sp³-hybridized carbons (Fsp3) is 0.167. The molecular weight excluding hydrogens is 419 g/mol. The van der Waals surface area contributed by atoms with Crippen LogP contribution in [-0.2, 0) is 15.8 Å². The molecule has 0 aliphatic carbocycles. The molecule has 2 aromatic rings. The minimum Gasteiger partial charge on any atom is -0.478 e. The van der Waals surface area contributed by atoms with Crippen molar-refractivity contribution in [3.63, 3.8) is 0 Å². The largest absolute Gasteiger partial charge is 0.478 e. The summed E-state index contributed by atoms with van der Waals surface area (Å²) in [6, 6.07) is 8.75. The van der Waals surface area contributed by atoms with Crippen molar-refractivity contribution < 1.29 is 32.7 Å². The third-order valence-electron chi connectivity index (χ3n) is 4.01. The van der Waals surface area contributed by atoms with Crippen LogP contribution in [0.2, 0.25) is 5.02 Å². The maximum Gasteiger partial charge on any atom is 0.417 e. The first-order valence-corrected chi connectivity index (χ1v) is 9.08. The number of thioether (sulfide) groups is 1. The Morgan fingerprint density at radius 3 is 2.50 bits per heavy atom. The SMILES string of the molecule is O=C(O)c1ccccc1S[C@@H]1CC(=O)N(c2ccc(Cl)c(C(F)(F)F)c2)C1=O. The Bertz CT molecular complexity index is 980. The van der Waals surface area contributed by atoms with E-state index in [4.69, 9.17) is 11.6 Å². The fourth-order valence-electron chi connectivity index (χ4n) is 2.74. The van der Waals surface area contributed by atoms with E-state index in [1.807, 2.05) is 0 Å². The zero-order valence-electron chi connectivity index (χ0n) is 13.9. The maximum absolute atomic E-state index is 13.1. The Kier molecular flexibility index (Phi) is 5.40. The van der Waals surface area contributed by atoms with Crippen LogP contribution >= 0.6 is 23.4 Å². The number of amides is 2. The average molecular weight is 430 g/mol. The van der Waals surface area contributed by atoms with Crippen molar-refractivity contribution in [2.24, 2.45) is 0 Å². The van der Waals surface area contributed by atoms with E-state index in [-0.39, 0.29) is 22.6 Å². The molecule has 0 unspecified atom stereocenters. The zero-order valence-corrected chi connectivity index (χ0v) is 15.4. The number of carbonyl (C=O) groups excluding carboxylic acids is 2. The topological polar surface area (TPSA) is 74.7 Å². The number of benzene rings is 2.